The number of hydrogen-bond donors (Lipinski definition) is 3. The van der Waals surface area contributed by atoms with Gasteiger partial charge in [0.15, 0.2) is 0 Å². The second-order valence-corrected chi connectivity index (χ2v) is 4.45. The van der Waals surface area contributed by atoms with Gasteiger partial charge in [-0.25, -0.2) is 4.79 Å². The molecule has 2 amide bonds. The Hall–Kier alpha value is -2.63. The number of anilines is 1. The van der Waals surface area contributed by atoms with Crippen molar-refractivity contribution in [3.63, 3.8) is 0 Å². The highest BCUT2D eigenvalue weighted by atomic mass is 16.4. The lowest BCUT2D eigenvalue weighted by molar-refractivity contribution is -0.131. The van der Waals surface area contributed by atoms with E-state index in [4.69, 9.17) is 5.11 Å². The summed E-state index contributed by atoms with van der Waals surface area (Å²) in [4.78, 5) is 33.4. The topological polar surface area (TPSA) is 95.5 Å². The molecule has 6 heteroatoms. The number of nitrogens with one attached hydrogen (secondary N) is 2. The van der Waals surface area contributed by atoms with Crippen molar-refractivity contribution in [2.24, 2.45) is 0 Å². The zero-order valence-corrected chi connectivity index (χ0v) is 10.6. The molecular weight excluding hydrogens is 260 g/mol. The molecule has 3 N–H and O–H groups in total. The van der Waals surface area contributed by atoms with E-state index in [2.05, 4.69) is 10.6 Å². The van der Waals surface area contributed by atoms with Crippen molar-refractivity contribution in [2.45, 2.75) is 18.9 Å². The van der Waals surface area contributed by atoms with Crippen molar-refractivity contribution in [2.75, 3.05) is 5.32 Å². The van der Waals surface area contributed by atoms with E-state index in [1.165, 1.54) is 6.08 Å². The molecule has 1 unspecified atom stereocenters. The average molecular weight is 274 g/mol. The minimum Gasteiger partial charge on any atom is -0.478 e. The fourth-order valence-electron chi connectivity index (χ4n) is 1.93. The summed E-state index contributed by atoms with van der Waals surface area (Å²) in [6, 6.07) is 6.30. The van der Waals surface area contributed by atoms with E-state index >= 15 is 0 Å². The van der Waals surface area contributed by atoms with Crippen molar-refractivity contribution in [3.05, 3.63) is 35.9 Å². The van der Waals surface area contributed by atoms with Gasteiger partial charge in [-0.2, -0.15) is 0 Å². The molecule has 1 aromatic carbocycles. The molecule has 0 saturated carbocycles. The molecule has 1 aromatic rings. The zero-order chi connectivity index (χ0) is 14.5. The lowest BCUT2D eigenvalue weighted by Gasteiger charge is -2.11. The number of hydrogen-bond acceptors (Lipinski definition) is 3. The summed E-state index contributed by atoms with van der Waals surface area (Å²) in [5.74, 6) is -1.42. The van der Waals surface area contributed by atoms with Gasteiger partial charge in [-0.1, -0.05) is 12.1 Å². The maximum Gasteiger partial charge on any atom is 0.328 e. The van der Waals surface area contributed by atoms with E-state index in [0.29, 0.717) is 24.1 Å². The Morgan fingerprint density at radius 2 is 2.20 bits per heavy atom. The summed E-state index contributed by atoms with van der Waals surface area (Å²) >= 11 is 0. The van der Waals surface area contributed by atoms with Crippen LogP contribution in [0.15, 0.2) is 30.3 Å². The standard InChI is InChI=1S/C14H14N2O4/c17-12-6-5-11(16-12)14(20)15-10-3-1-2-9(8-10)4-7-13(18)19/h1-4,7-8,11H,5-6H2,(H,15,20)(H,16,17)(H,18,19)/b7-4+. The molecule has 2 rings (SSSR count). The molecule has 0 bridgehead atoms. The first-order valence-corrected chi connectivity index (χ1v) is 6.16. The number of aliphatic carboxylic acids is 1. The average Bonchev–Trinajstić information content (AvgIpc) is 2.84. The lowest BCUT2D eigenvalue weighted by Crippen LogP contribution is -2.37. The fraction of sp³-hybridized carbons (Fsp3) is 0.214. The third kappa shape index (κ3) is 3.68. The smallest absolute Gasteiger partial charge is 0.328 e. The van der Waals surface area contributed by atoms with Crippen molar-refractivity contribution in [1.82, 2.24) is 5.32 Å². The van der Waals surface area contributed by atoms with Gasteiger partial charge >= 0.3 is 5.97 Å². The van der Waals surface area contributed by atoms with Crippen LogP contribution in [-0.2, 0) is 14.4 Å². The van der Waals surface area contributed by atoms with Gasteiger partial charge in [-0.05, 0) is 30.2 Å². The first kappa shape index (κ1) is 13.8. The zero-order valence-electron chi connectivity index (χ0n) is 10.6. The number of carbonyl (C=O) groups excluding carboxylic acids is 2. The number of carboxylic acid groups (broad SMARTS) is 1. The summed E-state index contributed by atoms with van der Waals surface area (Å²) in [6.07, 6.45) is 3.32. The predicted octanol–water partition coefficient (Wildman–Crippen LogP) is 1.00. The number of amides is 2. The molecule has 1 aliphatic heterocycles. The van der Waals surface area contributed by atoms with Crippen LogP contribution >= 0.6 is 0 Å². The third-order valence-electron chi connectivity index (χ3n) is 2.88. The summed E-state index contributed by atoms with van der Waals surface area (Å²) in [7, 11) is 0. The Bertz CT molecular complexity index is 580. The lowest BCUT2D eigenvalue weighted by atomic mass is 10.1. The second-order valence-electron chi connectivity index (χ2n) is 4.45. The van der Waals surface area contributed by atoms with Crippen LogP contribution in [0, 0.1) is 0 Å². The van der Waals surface area contributed by atoms with Gasteiger partial charge in [0, 0.05) is 18.2 Å². The summed E-state index contributed by atoms with van der Waals surface area (Å²) in [5.41, 5.74) is 1.23. The van der Waals surface area contributed by atoms with Gasteiger partial charge in [0.2, 0.25) is 11.8 Å². The SMILES string of the molecule is O=C(O)/C=C/c1cccc(NC(=O)C2CCC(=O)N2)c1. The molecule has 1 aliphatic rings. The van der Waals surface area contributed by atoms with Crippen molar-refractivity contribution < 1.29 is 19.5 Å². The van der Waals surface area contributed by atoms with Gasteiger partial charge < -0.3 is 15.7 Å². The second kappa shape index (κ2) is 6.01. The highest BCUT2D eigenvalue weighted by Crippen LogP contribution is 2.14. The number of carbonyl (C=O) groups is 3. The first-order valence-electron chi connectivity index (χ1n) is 6.16. The van der Waals surface area contributed by atoms with Gasteiger partial charge in [0.25, 0.3) is 0 Å². The molecule has 1 atom stereocenters. The molecule has 0 spiro atoms. The molecule has 1 saturated heterocycles. The third-order valence-corrected chi connectivity index (χ3v) is 2.88. The largest absolute Gasteiger partial charge is 0.478 e. The molecular formula is C14H14N2O4. The minimum atomic E-state index is -1.03. The van der Waals surface area contributed by atoms with Crippen LogP contribution < -0.4 is 10.6 Å². The molecule has 0 aliphatic carbocycles. The minimum absolute atomic E-state index is 0.122. The first-order chi connectivity index (χ1) is 9.54. The molecule has 0 radical (unpaired) electrons. The summed E-state index contributed by atoms with van der Waals surface area (Å²) < 4.78 is 0. The molecule has 20 heavy (non-hydrogen) atoms. The van der Waals surface area contributed by atoms with Gasteiger partial charge in [0.1, 0.15) is 6.04 Å². The van der Waals surface area contributed by atoms with Crippen LogP contribution in [0.2, 0.25) is 0 Å². The Balaban J connectivity index is 2.02. The molecule has 6 nitrogen and oxygen atoms in total. The van der Waals surface area contributed by atoms with Gasteiger partial charge in [0.05, 0.1) is 0 Å². The maximum absolute atomic E-state index is 11.9. The number of rotatable bonds is 4. The highest BCUT2D eigenvalue weighted by molar-refractivity contribution is 5.99. The quantitative estimate of drug-likeness (QED) is 0.714. The van der Waals surface area contributed by atoms with Crippen LogP contribution in [0.5, 0.6) is 0 Å². The Kier molecular flexibility index (Phi) is 4.14. The van der Waals surface area contributed by atoms with Crippen LogP contribution in [0.25, 0.3) is 6.08 Å². The van der Waals surface area contributed by atoms with Crippen molar-refractivity contribution >= 4 is 29.5 Å². The maximum atomic E-state index is 11.9. The number of carboxylic acids is 1. The molecule has 1 fully saturated rings. The van der Waals surface area contributed by atoms with Crippen LogP contribution in [0.1, 0.15) is 18.4 Å². The number of benzene rings is 1. The normalized spacial score (nSPS) is 18.0. The predicted molar refractivity (Wildman–Crippen MR) is 72.9 cm³/mol. The fourth-order valence-corrected chi connectivity index (χ4v) is 1.93. The molecule has 0 aromatic heterocycles. The Morgan fingerprint density at radius 3 is 2.85 bits per heavy atom. The Morgan fingerprint density at radius 1 is 1.40 bits per heavy atom. The highest BCUT2D eigenvalue weighted by Gasteiger charge is 2.26. The van der Waals surface area contributed by atoms with Crippen LogP contribution in [0.3, 0.4) is 0 Å². The van der Waals surface area contributed by atoms with E-state index in [1.54, 1.807) is 24.3 Å². The van der Waals surface area contributed by atoms with Crippen LogP contribution in [0.4, 0.5) is 5.69 Å². The molecule has 1 heterocycles. The van der Waals surface area contributed by atoms with Crippen molar-refractivity contribution in [3.8, 4) is 0 Å². The molecule has 104 valence electrons. The van der Waals surface area contributed by atoms with Gasteiger partial charge in [-0.15, -0.1) is 0 Å². The van der Waals surface area contributed by atoms with E-state index in [0.717, 1.165) is 6.08 Å². The van der Waals surface area contributed by atoms with Gasteiger partial charge in [-0.3, -0.25) is 9.59 Å². The Labute approximate surface area is 115 Å². The van der Waals surface area contributed by atoms with E-state index in [-0.39, 0.29) is 11.8 Å². The monoisotopic (exact) mass is 274 g/mol. The van der Waals surface area contributed by atoms with Crippen molar-refractivity contribution in [1.29, 1.82) is 0 Å². The van der Waals surface area contributed by atoms with E-state index in [1.807, 2.05) is 0 Å². The van der Waals surface area contributed by atoms with E-state index in [9.17, 15) is 14.4 Å². The van der Waals surface area contributed by atoms with Crippen LogP contribution in [-0.4, -0.2) is 28.9 Å². The summed E-state index contributed by atoms with van der Waals surface area (Å²) in [6.45, 7) is 0. The summed E-state index contributed by atoms with van der Waals surface area (Å²) in [5, 5.41) is 13.8. The van der Waals surface area contributed by atoms with E-state index < -0.39 is 12.0 Å².